The van der Waals surface area contributed by atoms with E-state index in [1.807, 2.05) is 18.2 Å². The van der Waals surface area contributed by atoms with Crippen molar-refractivity contribution in [3.8, 4) is 0 Å². The number of rotatable bonds is 1. The second-order valence-electron chi connectivity index (χ2n) is 3.52. The van der Waals surface area contributed by atoms with E-state index < -0.39 is 0 Å². The molecule has 0 amide bonds. The number of nitrogens with zero attached hydrogens (tertiary/aromatic N) is 1. The summed E-state index contributed by atoms with van der Waals surface area (Å²) in [6.45, 7) is 4.29. The number of hydrogen-bond acceptors (Lipinski definition) is 2. The Morgan fingerprint density at radius 1 is 1.15 bits per heavy atom. The first-order valence-electron chi connectivity index (χ1n) is 4.67. The lowest BCUT2D eigenvalue weighted by atomic mass is 10.2. The highest BCUT2D eigenvalue weighted by molar-refractivity contribution is 6.00. The molecule has 2 heteroatoms. The second-order valence-corrected chi connectivity index (χ2v) is 3.52. The van der Waals surface area contributed by atoms with E-state index in [9.17, 15) is 0 Å². The Hall–Kier alpha value is -1.31. The van der Waals surface area contributed by atoms with Crippen LogP contribution in [0.2, 0.25) is 0 Å². The van der Waals surface area contributed by atoms with Gasteiger partial charge in [0.05, 0.1) is 6.04 Å². The predicted molar refractivity (Wildman–Crippen MR) is 55.0 cm³/mol. The highest BCUT2D eigenvalue weighted by atomic mass is 15.1. The van der Waals surface area contributed by atoms with Crippen molar-refractivity contribution in [1.82, 2.24) is 5.32 Å². The molecule has 1 aliphatic heterocycles. The lowest BCUT2D eigenvalue weighted by molar-refractivity contribution is 0.601. The van der Waals surface area contributed by atoms with Gasteiger partial charge in [-0.05, 0) is 13.8 Å². The van der Waals surface area contributed by atoms with Crippen molar-refractivity contribution in [1.29, 1.82) is 0 Å². The lowest BCUT2D eigenvalue weighted by Gasteiger charge is -2.07. The number of nitrogens with one attached hydrogen (secondary N) is 1. The molecule has 1 aromatic carbocycles. The molecule has 0 bridgehead atoms. The van der Waals surface area contributed by atoms with Gasteiger partial charge in [0.25, 0.3) is 0 Å². The Morgan fingerprint density at radius 2 is 1.85 bits per heavy atom. The van der Waals surface area contributed by atoms with Crippen LogP contribution in [0.15, 0.2) is 35.3 Å². The van der Waals surface area contributed by atoms with Gasteiger partial charge in [-0.25, -0.2) is 0 Å². The van der Waals surface area contributed by atoms with Gasteiger partial charge in [0.2, 0.25) is 0 Å². The Balaban J connectivity index is 2.25. The molecular formula is C11H14N2. The SMILES string of the molecule is CC1N=C(c2ccccc2)NC1C. The Bertz CT molecular complexity index is 316. The van der Waals surface area contributed by atoms with Gasteiger partial charge < -0.3 is 5.32 Å². The standard InChI is InChI=1S/C11H14N2/c1-8-9(2)13-11(12-8)10-6-4-3-5-7-10/h3-9H,1-2H3,(H,12,13). The summed E-state index contributed by atoms with van der Waals surface area (Å²) in [6, 6.07) is 11.1. The third-order valence-electron chi connectivity index (χ3n) is 2.47. The van der Waals surface area contributed by atoms with E-state index in [1.54, 1.807) is 0 Å². The highest BCUT2D eigenvalue weighted by Gasteiger charge is 2.20. The summed E-state index contributed by atoms with van der Waals surface area (Å²) in [6.07, 6.45) is 0. The van der Waals surface area contributed by atoms with E-state index >= 15 is 0 Å². The van der Waals surface area contributed by atoms with Crippen LogP contribution in [-0.4, -0.2) is 17.9 Å². The molecule has 0 saturated heterocycles. The van der Waals surface area contributed by atoms with Crippen LogP contribution < -0.4 is 5.32 Å². The van der Waals surface area contributed by atoms with E-state index in [0.29, 0.717) is 12.1 Å². The molecule has 2 atom stereocenters. The van der Waals surface area contributed by atoms with Gasteiger partial charge in [-0.1, -0.05) is 30.3 Å². The average molecular weight is 174 g/mol. The molecule has 0 aliphatic carbocycles. The fourth-order valence-corrected chi connectivity index (χ4v) is 1.44. The maximum absolute atomic E-state index is 4.55. The van der Waals surface area contributed by atoms with Crippen molar-refractivity contribution < 1.29 is 0 Å². The maximum Gasteiger partial charge on any atom is 0.128 e. The molecule has 1 aromatic rings. The van der Waals surface area contributed by atoms with Gasteiger partial charge in [0.15, 0.2) is 0 Å². The monoisotopic (exact) mass is 174 g/mol. The van der Waals surface area contributed by atoms with E-state index in [4.69, 9.17) is 0 Å². The fraction of sp³-hybridized carbons (Fsp3) is 0.364. The summed E-state index contributed by atoms with van der Waals surface area (Å²) in [4.78, 5) is 4.55. The zero-order valence-electron chi connectivity index (χ0n) is 7.99. The molecule has 1 heterocycles. The minimum atomic E-state index is 0.384. The first kappa shape index (κ1) is 8.30. The quantitative estimate of drug-likeness (QED) is 0.690. The molecule has 0 spiro atoms. The van der Waals surface area contributed by atoms with Gasteiger partial charge in [0.1, 0.15) is 5.84 Å². The van der Waals surface area contributed by atoms with Crippen molar-refractivity contribution in [2.24, 2.45) is 4.99 Å². The summed E-state index contributed by atoms with van der Waals surface area (Å²) in [5.41, 5.74) is 1.18. The van der Waals surface area contributed by atoms with Crippen molar-refractivity contribution in [2.45, 2.75) is 25.9 Å². The Labute approximate surface area is 78.7 Å². The summed E-state index contributed by atoms with van der Waals surface area (Å²) in [5.74, 6) is 1.03. The molecule has 0 saturated carbocycles. The topological polar surface area (TPSA) is 24.4 Å². The van der Waals surface area contributed by atoms with Gasteiger partial charge in [0, 0.05) is 11.6 Å². The first-order valence-corrected chi connectivity index (χ1v) is 4.67. The molecule has 0 fully saturated rings. The van der Waals surface area contributed by atoms with Crippen LogP contribution in [0, 0.1) is 0 Å². The largest absolute Gasteiger partial charge is 0.365 e. The molecule has 2 unspecified atom stereocenters. The van der Waals surface area contributed by atoms with E-state index in [0.717, 1.165) is 5.84 Å². The zero-order valence-corrected chi connectivity index (χ0v) is 7.99. The minimum absolute atomic E-state index is 0.384. The Kier molecular flexibility index (Phi) is 2.05. The third-order valence-corrected chi connectivity index (χ3v) is 2.47. The second kappa shape index (κ2) is 3.21. The van der Waals surface area contributed by atoms with Crippen LogP contribution in [0.1, 0.15) is 19.4 Å². The van der Waals surface area contributed by atoms with Crippen LogP contribution in [0.3, 0.4) is 0 Å². The molecule has 0 aromatic heterocycles. The molecule has 68 valence electrons. The first-order chi connectivity index (χ1) is 6.27. The van der Waals surface area contributed by atoms with Crippen LogP contribution >= 0.6 is 0 Å². The molecule has 1 aliphatic rings. The zero-order chi connectivity index (χ0) is 9.26. The molecule has 2 rings (SSSR count). The van der Waals surface area contributed by atoms with Crippen molar-refractivity contribution in [3.63, 3.8) is 0 Å². The average Bonchev–Trinajstić information content (AvgIpc) is 2.49. The van der Waals surface area contributed by atoms with Crippen molar-refractivity contribution in [2.75, 3.05) is 0 Å². The smallest absolute Gasteiger partial charge is 0.128 e. The van der Waals surface area contributed by atoms with E-state index in [1.165, 1.54) is 5.56 Å². The van der Waals surface area contributed by atoms with E-state index in [2.05, 4.69) is 36.3 Å². The van der Waals surface area contributed by atoms with Crippen molar-refractivity contribution in [3.05, 3.63) is 35.9 Å². The van der Waals surface area contributed by atoms with Crippen LogP contribution in [0.5, 0.6) is 0 Å². The summed E-state index contributed by atoms with van der Waals surface area (Å²) in [5, 5.41) is 3.37. The van der Waals surface area contributed by atoms with Gasteiger partial charge in [-0.15, -0.1) is 0 Å². The number of amidine groups is 1. The molecule has 1 N–H and O–H groups in total. The van der Waals surface area contributed by atoms with Crippen molar-refractivity contribution >= 4 is 5.84 Å². The number of hydrogen-bond donors (Lipinski definition) is 1. The maximum atomic E-state index is 4.55. The third kappa shape index (κ3) is 1.57. The van der Waals surface area contributed by atoms with Crippen LogP contribution in [0.4, 0.5) is 0 Å². The fourth-order valence-electron chi connectivity index (χ4n) is 1.44. The number of aliphatic imine (C=N–C) groups is 1. The Morgan fingerprint density at radius 3 is 2.38 bits per heavy atom. The summed E-state index contributed by atoms with van der Waals surface area (Å²) < 4.78 is 0. The normalized spacial score (nSPS) is 26.8. The van der Waals surface area contributed by atoms with E-state index in [-0.39, 0.29) is 0 Å². The molecule has 0 radical (unpaired) electrons. The van der Waals surface area contributed by atoms with Gasteiger partial charge in [-0.2, -0.15) is 0 Å². The summed E-state index contributed by atoms with van der Waals surface area (Å²) in [7, 11) is 0. The van der Waals surface area contributed by atoms with Gasteiger partial charge in [-0.3, -0.25) is 4.99 Å². The molecule has 2 nitrogen and oxygen atoms in total. The molecule has 13 heavy (non-hydrogen) atoms. The molecular weight excluding hydrogens is 160 g/mol. The lowest BCUT2D eigenvalue weighted by Crippen LogP contribution is -2.30. The minimum Gasteiger partial charge on any atom is -0.365 e. The highest BCUT2D eigenvalue weighted by Crippen LogP contribution is 2.10. The van der Waals surface area contributed by atoms with Crippen LogP contribution in [-0.2, 0) is 0 Å². The predicted octanol–water partition coefficient (Wildman–Crippen LogP) is 1.81. The van der Waals surface area contributed by atoms with Crippen LogP contribution in [0.25, 0.3) is 0 Å². The summed E-state index contributed by atoms with van der Waals surface area (Å²) >= 11 is 0. The van der Waals surface area contributed by atoms with Gasteiger partial charge >= 0.3 is 0 Å². The number of benzene rings is 1.